The van der Waals surface area contributed by atoms with Gasteiger partial charge in [-0.15, -0.1) is 0 Å². The number of hydrogen-bond donors (Lipinski definition) is 2. The molecular weight excluding hydrogens is 656 g/mol. The SMILES string of the molecule is COc1cc2c(cc1OCCC(=O)NC(c1ccc(OCC(=O)CNCc3ccc(C)cc3)cc1)c1ccc(C)cc1C)N=C[C@@H]1CCCN1C2=O. The molecule has 52 heavy (non-hydrogen) atoms. The molecule has 0 bridgehead atoms. The molecule has 1 saturated heterocycles. The number of rotatable bonds is 15. The van der Waals surface area contributed by atoms with Crippen molar-refractivity contribution in [2.45, 2.75) is 58.7 Å². The molecule has 2 heterocycles. The van der Waals surface area contributed by atoms with Crippen molar-refractivity contribution in [1.82, 2.24) is 15.5 Å². The molecule has 1 unspecified atom stereocenters. The van der Waals surface area contributed by atoms with Crippen LogP contribution in [-0.2, 0) is 16.1 Å². The number of carbonyl (C=O) groups is 3. The highest BCUT2D eigenvalue weighted by Crippen LogP contribution is 2.38. The maximum atomic E-state index is 13.4. The average molecular weight is 703 g/mol. The minimum Gasteiger partial charge on any atom is -0.493 e. The molecule has 0 aliphatic carbocycles. The lowest BCUT2D eigenvalue weighted by Crippen LogP contribution is -2.35. The third-order valence-corrected chi connectivity index (χ3v) is 9.47. The van der Waals surface area contributed by atoms with E-state index < -0.39 is 6.04 Å². The number of methoxy groups -OCH3 is 1. The summed E-state index contributed by atoms with van der Waals surface area (Å²) in [4.78, 5) is 45.6. The van der Waals surface area contributed by atoms with Crippen molar-refractivity contribution in [2.75, 3.05) is 33.4 Å². The number of nitrogens with zero attached hydrogens (tertiary/aromatic N) is 2. The second kappa shape index (κ2) is 16.7. The number of ketones is 1. The molecule has 2 N–H and O–H groups in total. The van der Waals surface area contributed by atoms with Crippen molar-refractivity contribution in [1.29, 1.82) is 0 Å². The van der Waals surface area contributed by atoms with Gasteiger partial charge in [0.05, 0.1) is 50.0 Å². The molecule has 1 fully saturated rings. The van der Waals surface area contributed by atoms with E-state index in [1.807, 2.05) is 80.4 Å². The van der Waals surface area contributed by atoms with Crippen LogP contribution in [-0.4, -0.2) is 68.2 Å². The Hall–Kier alpha value is -5.48. The second-order valence-electron chi connectivity index (χ2n) is 13.5. The van der Waals surface area contributed by atoms with E-state index in [0.29, 0.717) is 41.6 Å². The molecule has 270 valence electrons. The second-order valence-corrected chi connectivity index (χ2v) is 13.5. The molecule has 10 nitrogen and oxygen atoms in total. The minimum absolute atomic E-state index is 0.000501. The van der Waals surface area contributed by atoms with Crippen LogP contribution in [0.4, 0.5) is 5.69 Å². The number of nitrogens with one attached hydrogen (secondary N) is 2. The molecule has 2 atom stereocenters. The van der Waals surface area contributed by atoms with E-state index in [1.165, 1.54) is 12.7 Å². The van der Waals surface area contributed by atoms with E-state index in [-0.39, 0.29) is 49.8 Å². The Morgan fingerprint density at radius 3 is 2.44 bits per heavy atom. The molecule has 0 spiro atoms. The standard InChI is InChI=1S/C42H46N4O6/c1-27-7-10-30(11-8-27)23-43-25-33(47)26-52-34-14-12-31(13-15-34)41(35-16-9-28(2)20-29(35)3)45-40(48)17-19-51-39-22-37-36(21-38(39)50-4)42(49)46-18-5-6-32(46)24-44-37/h7-16,20-22,24,32,41,43H,5-6,17-19,23,25-26H2,1-4H3,(H,45,48)/t32-,41?/m0/s1. The van der Waals surface area contributed by atoms with E-state index in [9.17, 15) is 14.4 Å². The van der Waals surface area contributed by atoms with Crippen LogP contribution in [0.2, 0.25) is 0 Å². The number of benzene rings is 4. The quantitative estimate of drug-likeness (QED) is 0.148. The number of ether oxygens (including phenoxy) is 3. The fourth-order valence-corrected chi connectivity index (χ4v) is 6.62. The monoisotopic (exact) mass is 702 g/mol. The van der Waals surface area contributed by atoms with E-state index in [2.05, 4.69) is 33.8 Å². The average Bonchev–Trinajstić information content (AvgIpc) is 3.57. The highest BCUT2D eigenvalue weighted by atomic mass is 16.5. The molecular formula is C42H46N4O6. The van der Waals surface area contributed by atoms with Gasteiger partial charge in [0.1, 0.15) is 12.4 Å². The highest BCUT2D eigenvalue weighted by Gasteiger charge is 2.32. The van der Waals surface area contributed by atoms with Crippen LogP contribution in [0, 0.1) is 20.8 Å². The number of amides is 2. The summed E-state index contributed by atoms with van der Waals surface area (Å²) in [6.45, 7) is 7.68. The maximum absolute atomic E-state index is 13.4. The van der Waals surface area contributed by atoms with Gasteiger partial charge in [-0.1, -0.05) is 65.7 Å². The fraction of sp³-hybridized carbons (Fsp3) is 0.333. The van der Waals surface area contributed by atoms with Gasteiger partial charge in [0, 0.05) is 25.4 Å². The maximum Gasteiger partial charge on any atom is 0.256 e. The summed E-state index contributed by atoms with van der Waals surface area (Å²) < 4.78 is 17.4. The minimum atomic E-state index is -0.424. The van der Waals surface area contributed by atoms with Gasteiger partial charge in [-0.25, -0.2) is 0 Å². The van der Waals surface area contributed by atoms with E-state index in [1.54, 1.807) is 12.1 Å². The predicted octanol–water partition coefficient (Wildman–Crippen LogP) is 6.35. The van der Waals surface area contributed by atoms with Gasteiger partial charge in [0.2, 0.25) is 5.91 Å². The lowest BCUT2D eigenvalue weighted by Gasteiger charge is -2.23. The first-order valence-electron chi connectivity index (χ1n) is 17.8. The van der Waals surface area contributed by atoms with Crippen LogP contribution in [0.5, 0.6) is 17.2 Å². The Kier molecular flexibility index (Phi) is 11.7. The van der Waals surface area contributed by atoms with Crippen molar-refractivity contribution >= 4 is 29.5 Å². The van der Waals surface area contributed by atoms with Gasteiger partial charge in [-0.05, 0) is 74.1 Å². The van der Waals surface area contributed by atoms with Crippen LogP contribution in [0.3, 0.4) is 0 Å². The van der Waals surface area contributed by atoms with E-state index >= 15 is 0 Å². The zero-order chi connectivity index (χ0) is 36.6. The molecule has 0 aromatic heterocycles. The highest BCUT2D eigenvalue weighted by molar-refractivity contribution is 6.03. The topological polar surface area (TPSA) is 119 Å². The first-order chi connectivity index (χ1) is 25.2. The van der Waals surface area contributed by atoms with Crippen LogP contribution in [0.25, 0.3) is 0 Å². The molecule has 6 rings (SSSR count). The van der Waals surface area contributed by atoms with Gasteiger partial charge in [-0.3, -0.25) is 19.4 Å². The summed E-state index contributed by atoms with van der Waals surface area (Å²) in [5.41, 5.74) is 7.34. The Balaban J connectivity index is 1.07. The molecule has 4 aromatic rings. The molecule has 0 saturated carbocycles. The normalized spacial score (nSPS) is 15.3. The van der Waals surface area contributed by atoms with Gasteiger partial charge >= 0.3 is 0 Å². The fourth-order valence-electron chi connectivity index (χ4n) is 6.62. The molecule has 2 amide bonds. The van der Waals surface area contributed by atoms with Crippen LogP contribution < -0.4 is 24.8 Å². The molecule has 0 radical (unpaired) electrons. The number of aliphatic imine (C=N–C) groups is 1. The zero-order valence-electron chi connectivity index (χ0n) is 30.2. The van der Waals surface area contributed by atoms with Crippen LogP contribution in [0.15, 0.2) is 83.9 Å². The van der Waals surface area contributed by atoms with E-state index in [4.69, 9.17) is 14.2 Å². The van der Waals surface area contributed by atoms with Crippen molar-refractivity contribution < 1.29 is 28.6 Å². The lowest BCUT2D eigenvalue weighted by atomic mass is 9.93. The van der Waals surface area contributed by atoms with Crippen molar-refractivity contribution in [3.05, 3.63) is 118 Å². The smallest absolute Gasteiger partial charge is 0.256 e. The summed E-state index contributed by atoms with van der Waals surface area (Å²) in [6.07, 6.45) is 3.77. The summed E-state index contributed by atoms with van der Waals surface area (Å²) in [5.74, 6) is 1.09. The summed E-state index contributed by atoms with van der Waals surface area (Å²) in [6, 6.07) is 24.7. The van der Waals surface area contributed by atoms with Crippen LogP contribution >= 0.6 is 0 Å². The van der Waals surface area contributed by atoms with Gasteiger partial charge in [-0.2, -0.15) is 0 Å². The summed E-state index contributed by atoms with van der Waals surface area (Å²) in [7, 11) is 1.53. The first kappa shape index (κ1) is 36.3. The van der Waals surface area contributed by atoms with Crippen molar-refractivity contribution in [3.63, 3.8) is 0 Å². The van der Waals surface area contributed by atoms with Gasteiger partial charge < -0.3 is 29.7 Å². The first-order valence-corrected chi connectivity index (χ1v) is 17.8. The zero-order valence-corrected chi connectivity index (χ0v) is 30.2. The van der Waals surface area contributed by atoms with Crippen molar-refractivity contribution in [2.24, 2.45) is 4.99 Å². The van der Waals surface area contributed by atoms with Gasteiger partial charge in [0.25, 0.3) is 5.91 Å². The number of aryl methyl sites for hydroxylation is 3. The third-order valence-electron chi connectivity index (χ3n) is 9.47. The summed E-state index contributed by atoms with van der Waals surface area (Å²) in [5, 5.41) is 6.37. The predicted molar refractivity (Wildman–Crippen MR) is 201 cm³/mol. The number of hydrogen-bond acceptors (Lipinski definition) is 8. The van der Waals surface area contributed by atoms with Gasteiger partial charge in [0.15, 0.2) is 17.3 Å². The number of fused-ring (bicyclic) bond motifs is 2. The lowest BCUT2D eigenvalue weighted by molar-refractivity contribution is -0.122. The summed E-state index contributed by atoms with van der Waals surface area (Å²) >= 11 is 0. The van der Waals surface area contributed by atoms with Crippen LogP contribution in [0.1, 0.15) is 69.0 Å². The largest absolute Gasteiger partial charge is 0.493 e. The molecule has 4 aromatic carbocycles. The Morgan fingerprint density at radius 2 is 1.69 bits per heavy atom. The Labute approximate surface area is 305 Å². The van der Waals surface area contributed by atoms with E-state index in [0.717, 1.165) is 40.7 Å². The molecule has 10 heteroatoms. The molecule has 2 aliphatic heterocycles. The Morgan fingerprint density at radius 1 is 0.923 bits per heavy atom. The number of carbonyl (C=O) groups excluding carboxylic acids is 3. The Bertz CT molecular complexity index is 1940. The molecule has 2 aliphatic rings. The van der Waals surface area contributed by atoms with Crippen molar-refractivity contribution in [3.8, 4) is 17.2 Å². The number of Topliss-reactive ketones (excluding diaryl/α,β-unsaturated/α-hetero) is 1. The third kappa shape index (κ3) is 8.87.